The summed E-state index contributed by atoms with van der Waals surface area (Å²) in [5, 5.41) is 0.946. The Balaban J connectivity index is 1.45. The maximum Gasteiger partial charge on any atom is 0.254 e. The van der Waals surface area contributed by atoms with Crippen LogP contribution in [0, 0.1) is 5.92 Å². The van der Waals surface area contributed by atoms with E-state index in [2.05, 4.69) is 9.88 Å². The Hall–Kier alpha value is -1.98. The Kier molecular flexibility index (Phi) is 4.45. The molecule has 0 saturated carbocycles. The maximum absolute atomic E-state index is 13.0. The summed E-state index contributed by atoms with van der Waals surface area (Å²) in [6.07, 6.45) is 2.82. The molecule has 2 aliphatic rings. The van der Waals surface area contributed by atoms with Crippen LogP contribution in [-0.4, -0.2) is 66.6 Å². The zero-order valence-corrected chi connectivity index (χ0v) is 13.9. The van der Waals surface area contributed by atoms with Gasteiger partial charge in [0.2, 0.25) is 0 Å². The second-order valence-corrected chi connectivity index (χ2v) is 6.69. The third kappa shape index (κ3) is 3.14. The monoisotopic (exact) mass is 325 g/mol. The maximum atomic E-state index is 13.0. The standard InChI is InChI=1S/C19H23N3O2/c23-19(17-5-7-20-18-4-2-1-3-16(17)18)22-8-6-15(14-22)13-21-9-11-24-12-10-21/h1-5,7,15H,6,8-14H2. The second-order valence-electron chi connectivity index (χ2n) is 6.69. The van der Waals surface area contributed by atoms with E-state index in [-0.39, 0.29) is 5.91 Å². The number of morpholine rings is 1. The number of hydrogen-bond acceptors (Lipinski definition) is 4. The van der Waals surface area contributed by atoms with E-state index in [0.717, 1.165) is 68.8 Å². The van der Waals surface area contributed by atoms with Gasteiger partial charge in [0.25, 0.3) is 5.91 Å². The van der Waals surface area contributed by atoms with Gasteiger partial charge >= 0.3 is 0 Å². The molecule has 2 saturated heterocycles. The smallest absolute Gasteiger partial charge is 0.254 e. The summed E-state index contributed by atoms with van der Waals surface area (Å²) in [5.74, 6) is 0.707. The molecule has 5 heteroatoms. The second kappa shape index (κ2) is 6.87. The zero-order valence-electron chi connectivity index (χ0n) is 13.9. The lowest BCUT2D eigenvalue weighted by atomic mass is 10.1. The van der Waals surface area contributed by atoms with Crippen LogP contribution in [0.3, 0.4) is 0 Å². The third-order valence-electron chi connectivity index (χ3n) is 5.07. The van der Waals surface area contributed by atoms with Crippen LogP contribution in [0.15, 0.2) is 36.5 Å². The molecule has 5 nitrogen and oxygen atoms in total. The number of ether oxygens (including phenoxy) is 1. The fourth-order valence-corrected chi connectivity index (χ4v) is 3.77. The molecule has 4 rings (SSSR count). The first-order valence-electron chi connectivity index (χ1n) is 8.74. The van der Waals surface area contributed by atoms with Crippen molar-refractivity contribution in [2.24, 2.45) is 5.92 Å². The van der Waals surface area contributed by atoms with E-state index in [0.29, 0.717) is 5.92 Å². The van der Waals surface area contributed by atoms with Crippen molar-refractivity contribution in [1.29, 1.82) is 0 Å². The molecule has 1 aromatic heterocycles. The molecule has 1 atom stereocenters. The predicted molar refractivity (Wildman–Crippen MR) is 93.0 cm³/mol. The van der Waals surface area contributed by atoms with Crippen LogP contribution >= 0.6 is 0 Å². The summed E-state index contributed by atoms with van der Waals surface area (Å²) in [7, 11) is 0. The third-order valence-corrected chi connectivity index (χ3v) is 5.07. The van der Waals surface area contributed by atoms with Crippen molar-refractivity contribution in [1.82, 2.24) is 14.8 Å². The number of para-hydroxylation sites is 1. The van der Waals surface area contributed by atoms with E-state index in [9.17, 15) is 4.79 Å². The highest BCUT2D eigenvalue weighted by molar-refractivity contribution is 6.06. The van der Waals surface area contributed by atoms with Gasteiger partial charge < -0.3 is 9.64 Å². The molecule has 0 bridgehead atoms. The van der Waals surface area contributed by atoms with Gasteiger partial charge in [0.1, 0.15) is 0 Å². The highest BCUT2D eigenvalue weighted by atomic mass is 16.5. The average Bonchev–Trinajstić information content (AvgIpc) is 3.10. The number of hydrogen-bond donors (Lipinski definition) is 0. The molecule has 24 heavy (non-hydrogen) atoms. The predicted octanol–water partition coefficient (Wildman–Crippen LogP) is 2.03. The van der Waals surface area contributed by atoms with Crippen molar-refractivity contribution in [3.05, 3.63) is 42.1 Å². The van der Waals surface area contributed by atoms with Crippen molar-refractivity contribution < 1.29 is 9.53 Å². The number of carbonyl (C=O) groups excluding carboxylic acids is 1. The molecule has 0 spiro atoms. The summed E-state index contributed by atoms with van der Waals surface area (Å²) in [6.45, 7) is 6.47. The fraction of sp³-hybridized carbons (Fsp3) is 0.474. The SMILES string of the molecule is O=C(c1ccnc2ccccc12)N1CCC(CN2CCOCC2)C1. The molecule has 2 fully saturated rings. The van der Waals surface area contributed by atoms with Gasteiger partial charge in [-0.15, -0.1) is 0 Å². The van der Waals surface area contributed by atoms with Gasteiger partial charge in [-0.1, -0.05) is 18.2 Å². The van der Waals surface area contributed by atoms with Crippen LogP contribution in [0.5, 0.6) is 0 Å². The number of nitrogens with zero attached hydrogens (tertiary/aromatic N) is 3. The van der Waals surface area contributed by atoms with Gasteiger partial charge in [-0.2, -0.15) is 0 Å². The Morgan fingerprint density at radius 2 is 2.00 bits per heavy atom. The minimum Gasteiger partial charge on any atom is -0.379 e. The highest BCUT2D eigenvalue weighted by Crippen LogP contribution is 2.23. The molecule has 3 heterocycles. The van der Waals surface area contributed by atoms with Gasteiger partial charge in [0.05, 0.1) is 24.3 Å². The fourth-order valence-electron chi connectivity index (χ4n) is 3.77. The minimum absolute atomic E-state index is 0.137. The molecule has 2 aliphatic heterocycles. The van der Waals surface area contributed by atoms with Gasteiger partial charge in [0, 0.05) is 44.3 Å². The number of rotatable bonds is 3. The van der Waals surface area contributed by atoms with Gasteiger partial charge in [-0.05, 0) is 24.5 Å². The molecule has 1 aromatic carbocycles. The van der Waals surface area contributed by atoms with Crippen molar-refractivity contribution in [2.45, 2.75) is 6.42 Å². The Morgan fingerprint density at radius 3 is 2.88 bits per heavy atom. The van der Waals surface area contributed by atoms with Crippen LogP contribution in [-0.2, 0) is 4.74 Å². The van der Waals surface area contributed by atoms with Crippen molar-refractivity contribution in [3.8, 4) is 0 Å². The van der Waals surface area contributed by atoms with E-state index in [1.165, 1.54) is 0 Å². The van der Waals surface area contributed by atoms with Crippen LogP contribution in [0.4, 0.5) is 0 Å². The lowest BCUT2D eigenvalue weighted by Crippen LogP contribution is -2.40. The summed E-state index contributed by atoms with van der Waals surface area (Å²) in [5.41, 5.74) is 1.65. The number of pyridine rings is 1. The number of amides is 1. The molecule has 1 unspecified atom stereocenters. The van der Waals surface area contributed by atoms with Crippen molar-refractivity contribution in [3.63, 3.8) is 0 Å². The van der Waals surface area contributed by atoms with E-state index >= 15 is 0 Å². The molecule has 126 valence electrons. The topological polar surface area (TPSA) is 45.7 Å². The quantitative estimate of drug-likeness (QED) is 0.866. The number of benzene rings is 1. The number of carbonyl (C=O) groups is 1. The summed E-state index contributed by atoms with van der Waals surface area (Å²) >= 11 is 0. The molecule has 1 amide bonds. The van der Waals surface area contributed by atoms with Crippen LogP contribution < -0.4 is 0 Å². The Morgan fingerprint density at radius 1 is 1.17 bits per heavy atom. The molecule has 0 radical (unpaired) electrons. The number of aromatic nitrogens is 1. The van der Waals surface area contributed by atoms with Crippen molar-refractivity contribution in [2.75, 3.05) is 45.9 Å². The molecular weight excluding hydrogens is 302 g/mol. The first-order valence-corrected chi connectivity index (χ1v) is 8.74. The zero-order chi connectivity index (χ0) is 16.4. The number of fused-ring (bicyclic) bond motifs is 1. The largest absolute Gasteiger partial charge is 0.379 e. The molecule has 2 aromatic rings. The van der Waals surface area contributed by atoms with Gasteiger partial charge in [0.15, 0.2) is 0 Å². The van der Waals surface area contributed by atoms with Crippen molar-refractivity contribution >= 4 is 16.8 Å². The Bertz CT molecular complexity index is 722. The van der Waals surface area contributed by atoms with Crippen LogP contribution in [0.25, 0.3) is 10.9 Å². The average molecular weight is 325 g/mol. The lowest BCUT2D eigenvalue weighted by molar-refractivity contribution is 0.0310. The number of likely N-dealkylation sites (tertiary alicyclic amines) is 1. The van der Waals surface area contributed by atoms with E-state index in [4.69, 9.17) is 4.74 Å². The highest BCUT2D eigenvalue weighted by Gasteiger charge is 2.29. The van der Waals surface area contributed by atoms with Gasteiger partial charge in [-0.25, -0.2) is 0 Å². The van der Waals surface area contributed by atoms with Gasteiger partial charge in [-0.3, -0.25) is 14.7 Å². The Labute approximate surface area is 142 Å². The molecular formula is C19H23N3O2. The normalized spacial score (nSPS) is 22.2. The first-order chi connectivity index (χ1) is 11.8. The summed E-state index contributed by atoms with van der Waals surface area (Å²) < 4.78 is 5.41. The molecule has 0 N–H and O–H groups in total. The molecule has 0 aliphatic carbocycles. The summed E-state index contributed by atoms with van der Waals surface area (Å²) in [6, 6.07) is 9.71. The van der Waals surface area contributed by atoms with Crippen LogP contribution in [0.1, 0.15) is 16.8 Å². The first kappa shape index (κ1) is 15.5. The van der Waals surface area contributed by atoms with E-state index in [1.807, 2.05) is 35.2 Å². The summed E-state index contributed by atoms with van der Waals surface area (Å²) in [4.78, 5) is 21.8. The van der Waals surface area contributed by atoms with E-state index < -0.39 is 0 Å². The van der Waals surface area contributed by atoms with Crippen LogP contribution in [0.2, 0.25) is 0 Å². The lowest BCUT2D eigenvalue weighted by Gasteiger charge is -2.29. The van der Waals surface area contributed by atoms with E-state index in [1.54, 1.807) is 6.20 Å². The minimum atomic E-state index is 0.137.